The minimum Gasteiger partial charge on any atom is -0.465 e. The Morgan fingerprint density at radius 1 is 1.32 bits per heavy atom. The Bertz CT molecular complexity index is 530. The average molecular weight is 328 g/mol. The third kappa shape index (κ3) is 4.46. The van der Waals surface area contributed by atoms with Crippen LogP contribution in [0.1, 0.15) is 45.9 Å². The average Bonchev–Trinajstić information content (AvgIpc) is 2.89. The summed E-state index contributed by atoms with van der Waals surface area (Å²) in [4.78, 5) is 29.8. The van der Waals surface area contributed by atoms with Crippen molar-refractivity contribution in [3.05, 3.63) is 5.82 Å². The summed E-state index contributed by atoms with van der Waals surface area (Å²) in [6, 6.07) is -0.291. The largest absolute Gasteiger partial charge is 0.465 e. The number of esters is 1. The zero-order valence-corrected chi connectivity index (χ0v) is 14.8. The topological polar surface area (TPSA) is 77.3 Å². The van der Waals surface area contributed by atoms with E-state index in [0.29, 0.717) is 17.6 Å². The Labute approximate surface area is 135 Å². The summed E-state index contributed by atoms with van der Waals surface area (Å²) in [7, 11) is 3.30. The maximum Gasteiger partial charge on any atom is 0.346 e. The summed E-state index contributed by atoms with van der Waals surface area (Å²) in [5.74, 6) is 0.425. The predicted octanol–water partition coefficient (Wildman–Crippen LogP) is 2.37. The van der Waals surface area contributed by atoms with E-state index >= 15 is 0 Å². The van der Waals surface area contributed by atoms with Crippen LogP contribution in [0.5, 0.6) is 0 Å². The van der Waals surface area contributed by atoms with E-state index in [1.54, 1.807) is 27.9 Å². The van der Waals surface area contributed by atoms with Gasteiger partial charge in [-0.3, -0.25) is 4.79 Å². The van der Waals surface area contributed by atoms with Gasteiger partial charge >= 0.3 is 12.0 Å². The molecule has 0 aliphatic heterocycles. The van der Waals surface area contributed by atoms with E-state index in [-0.39, 0.29) is 17.9 Å². The monoisotopic (exact) mass is 328 g/mol. The summed E-state index contributed by atoms with van der Waals surface area (Å²) in [6.45, 7) is 7.85. The molecule has 8 heteroatoms. The number of hydrogen-bond donors (Lipinski definition) is 0. The number of amides is 1. The molecular weight excluding hydrogens is 304 g/mol. The molecule has 2 atom stereocenters. The molecule has 0 radical (unpaired) electrons. The van der Waals surface area contributed by atoms with Crippen molar-refractivity contribution in [1.29, 1.82) is 0 Å². The molecule has 1 amide bonds. The van der Waals surface area contributed by atoms with Crippen LogP contribution in [0.15, 0.2) is 5.16 Å². The maximum absolute atomic E-state index is 12.2. The van der Waals surface area contributed by atoms with Gasteiger partial charge in [-0.1, -0.05) is 25.6 Å². The van der Waals surface area contributed by atoms with Crippen LogP contribution < -0.4 is 0 Å². The van der Waals surface area contributed by atoms with Crippen molar-refractivity contribution < 1.29 is 14.3 Å². The number of hydrogen-bond acceptors (Lipinski definition) is 6. The molecule has 0 spiro atoms. The first kappa shape index (κ1) is 18.5. The van der Waals surface area contributed by atoms with E-state index in [0.717, 1.165) is 6.42 Å². The molecule has 0 saturated heterocycles. The molecule has 0 fully saturated rings. The van der Waals surface area contributed by atoms with E-state index in [9.17, 15) is 9.59 Å². The third-order valence-electron chi connectivity index (χ3n) is 3.11. The van der Waals surface area contributed by atoms with Crippen molar-refractivity contribution in [3.8, 4) is 0 Å². The Hall–Kier alpha value is -1.57. The molecule has 124 valence electrons. The lowest BCUT2D eigenvalue weighted by atomic mass is 10.1. The van der Waals surface area contributed by atoms with Gasteiger partial charge in [0.25, 0.3) is 0 Å². The summed E-state index contributed by atoms with van der Waals surface area (Å²) in [5, 5.41) is 4.26. The van der Waals surface area contributed by atoms with Crippen LogP contribution in [0.4, 0.5) is 4.79 Å². The number of aromatic nitrogens is 3. The van der Waals surface area contributed by atoms with Crippen molar-refractivity contribution in [3.63, 3.8) is 0 Å². The van der Waals surface area contributed by atoms with Crippen LogP contribution in [-0.2, 0) is 9.53 Å². The number of ether oxygens (including phenoxy) is 1. The molecule has 0 aliphatic carbocycles. The van der Waals surface area contributed by atoms with Gasteiger partial charge in [-0.2, -0.15) is 4.68 Å². The molecular formula is C14H24N4O3S. The smallest absolute Gasteiger partial charge is 0.346 e. The standard InChI is InChI=1S/C14H24N4O3S/c1-7-9(3)11-15-13(18(16-11)14(20)17(5)6)22-10(4)12(19)21-8-2/h9-10H,7-8H2,1-6H3. The fraction of sp³-hybridized carbons (Fsp3) is 0.714. The first-order chi connectivity index (χ1) is 10.3. The molecule has 0 aliphatic rings. The molecule has 1 aromatic heterocycles. The molecule has 1 aromatic rings. The number of carbonyl (C=O) groups is 2. The maximum atomic E-state index is 12.2. The number of carbonyl (C=O) groups excluding carboxylic acids is 2. The van der Waals surface area contributed by atoms with Gasteiger partial charge in [-0.25, -0.2) is 9.78 Å². The van der Waals surface area contributed by atoms with Crippen molar-refractivity contribution in [2.75, 3.05) is 20.7 Å². The van der Waals surface area contributed by atoms with Gasteiger partial charge in [0.15, 0.2) is 11.0 Å². The first-order valence-corrected chi connectivity index (χ1v) is 8.21. The van der Waals surface area contributed by atoms with Crippen molar-refractivity contribution in [1.82, 2.24) is 19.7 Å². The quantitative estimate of drug-likeness (QED) is 0.589. The van der Waals surface area contributed by atoms with E-state index in [1.807, 2.05) is 13.8 Å². The van der Waals surface area contributed by atoms with Crippen LogP contribution in [0.3, 0.4) is 0 Å². The SMILES string of the molecule is CCOC(=O)C(C)Sc1nc(C(C)CC)nn1C(=O)N(C)C. The highest BCUT2D eigenvalue weighted by Crippen LogP contribution is 2.25. The second-order valence-corrected chi connectivity index (χ2v) is 6.47. The van der Waals surface area contributed by atoms with Gasteiger partial charge in [-0.05, 0) is 20.3 Å². The molecule has 0 bridgehead atoms. The molecule has 7 nitrogen and oxygen atoms in total. The van der Waals surface area contributed by atoms with Crippen LogP contribution in [0.2, 0.25) is 0 Å². The lowest BCUT2D eigenvalue weighted by molar-refractivity contribution is -0.142. The molecule has 1 rings (SSSR count). The fourth-order valence-corrected chi connectivity index (χ4v) is 2.41. The summed E-state index contributed by atoms with van der Waals surface area (Å²) in [5.41, 5.74) is 0. The molecule has 0 N–H and O–H groups in total. The Morgan fingerprint density at radius 3 is 2.45 bits per heavy atom. The predicted molar refractivity (Wildman–Crippen MR) is 85.2 cm³/mol. The van der Waals surface area contributed by atoms with Gasteiger partial charge in [0.2, 0.25) is 0 Å². The highest BCUT2D eigenvalue weighted by molar-refractivity contribution is 8.00. The normalized spacial score (nSPS) is 13.5. The van der Waals surface area contributed by atoms with E-state index in [4.69, 9.17) is 4.74 Å². The summed E-state index contributed by atoms with van der Waals surface area (Å²) < 4.78 is 6.24. The van der Waals surface area contributed by atoms with Gasteiger partial charge in [0.05, 0.1) is 6.61 Å². The van der Waals surface area contributed by atoms with Gasteiger partial charge < -0.3 is 9.64 Å². The summed E-state index contributed by atoms with van der Waals surface area (Å²) in [6.07, 6.45) is 0.873. The fourth-order valence-electron chi connectivity index (χ4n) is 1.56. The number of nitrogens with zero attached hydrogens (tertiary/aromatic N) is 4. The van der Waals surface area contributed by atoms with Crippen LogP contribution >= 0.6 is 11.8 Å². The minimum absolute atomic E-state index is 0.147. The first-order valence-electron chi connectivity index (χ1n) is 7.33. The second kappa shape index (κ2) is 8.17. The highest BCUT2D eigenvalue weighted by Gasteiger charge is 2.25. The van der Waals surface area contributed by atoms with E-state index in [1.165, 1.54) is 21.3 Å². The van der Waals surface area contributed by atoms with Crippen LogP contribution in [-0.4, -0.2) is 57.6 Å². The lowest BCUT2D eigenvalue weighted by Gasteiger charge is -2.13. The van der Waals surface area contributed by atoms with Gasteiger partial charge in [-0.15, -0.1) is 5.10 Å². The van der Waals surface area contributed by atoms with E-state index in [2.05, 4.69) is 10.1 Å². The molecule has 1 heterocycles. The van der Waals surface area contributed by atoms with Crippen molar-refractivity contribution in [2.24, 2.45) is 0 Å². The zero-order chi connectivity index (χ0) is 16.9. The molecule has 22 heavy (non-hydrogen) atoms. The Kier molecular flexibility index (Phi) is 6.86. The van der Waals surface area contributed by atoms with Crippen LogP contribution in [0.25, 0.3) is 0 Å². The van der Waals surface area contributed by atoms with Crippen molar-refractivity contribution >= 4 is 23.8 Å². The van der Waals surface area contributed by atoms with Crippen LogP contribution in [0, 0.1) is 0 Å². The van der Waals surface area contributed by atoms with E-state index < -0.39 is 5.25 Å². The Balaban J connectivity index is 3.07. The Morgan fingerprint density at radius 2 is 1.95 bits per heavy atom. The lowest BCUT2D eigenvalue weighted by Crippen LogP contribution is -2.29. The van der Waals surface area contributed by atoms with Crippen molar-refractivity contribution in [2.45, 2.75) is 50.4 Å². The van der Waals surface area contributed by atoms with Gasteiger partial charge in [0, 0.05) is 20.0 Å². The summed E-state index contributed by atoms with van der Waals surface area (Å²) >= 11 is 1.18. The molecule has 0 saturated carbocycles. The molecule has 0 aromatic carbocycles. The molecule has 2 unspecified atom stereocenters. The highest BCUT2D eigenvalue weighted by atomic mass is 32.2. The number of thioether (sulfide) groups is 1. The third-order valence-corrected chi connectivity index (χ3v) is 4.13. The second-order valence-electron chi connectivity index (χ2n) is 5.16. The minimum atomic E-state index is -0.456. The zero-order valence-electron chi connectivity index (χ0n) is 14.0. The van der Waals surface area contributed by atoms with Gasteiger partial charge in [0.1, 0.15) is 5.25 Å². The number of rotatable bonds is 6.